The maximum absolute atomic E-state index is 13.5. The van der Waals surface area contributed by atoms with Gasteiger partial charge in [-0.25, -0.2) is 9.37 Å². The standard InChI is InChI=1S/C25H30FN5O/c1-18-15-30(14-12-27-18)25(32)19-5-4-13-29(16-19)17-24-28-22-6-2-3-7-23(22)31(24)21-10-8-20(26)9-11-21/h2-3,6-11,18-19,27H,4-5,12-17H2,1H3/t18-,19-/m0/s1. The maximum Gasteiger partial charge on any atom is 0.227 e. The summed E-state index contributed by atoms with van der Waals surface area (Å²) in [6, 6.07) is 14.9. The van der Waals surface area contributed by atoms with Crippen molar-refractivity contribution < 1.29 is 9.18 Å². The van der Waals surface area contributed by atoms with E-state index >= 15 is 0 Å². The van der Waals surface area contributed by atoms with Gasteiger partial charge in [0.25, 0.3) is 0 Å². The molecule has 1 N–H and O–H groups in total. The molecule has 0 radical (unpaired) electrons. The highest BCUT2D eigenvalue weighted by atomic mass is 19.1. The number of rotatable bonds is 4. The number of carbonyl (C=O) groups is 1. The fourth-order valence-corrected chi connectivity index (χ4v) is 5.05. The van der Waals surface area contributed by atoms with E-state index in [0.717, 1.165) is 68.1 Å². The first-order valence-electron chi connectivity index (χ1n) is 11.6. The Hall–Kier alpha value is -2.77. The first-order valence-corrected chi connectivity index (χ1v) is 11.6. The topological polar surface area (TPSA) is 53.4 Å². The van der Waals surface area contributed by atoms with Crippen LogP contribution in [-0.2, 0) is 11.3 Å². The molecule has 0 spiro atoms. The number of benzene rings is 2. The molecule has 32 heavy (non-hydrogen) atoms. The van der Waals surface area contributed by atoms with Crippen LogP contribution in [0.2, 0.25) is 0 Å². The number of para-hydroxylation sites is 2. The molecule has 2 aliphatic heterocycles. The van der Waals surface area contributed by atoms with Crippen molar-refractivity contribution in [3.63, 3.8) is 0 Å². The number of hydrogen-bond donors (Lipinski definition) is 1. The van der Waals surface area contributed by atoms with Crippen molar-refractivity contribution in [1.29, 1.82) is 0 Å². The zero-order valence-corrected chi connectivity index (χ0v) is 18.5. The lowest BCUT2D eigenvalue weighted by atomic mass is 9.96. The normalized spacial score (nSPS) is 22.4. The number of imidazole rings is 1. The highest BCUT2D eigenvalue weighted by Crippen LogP contribution is 2.25. The molecule has 6 nitrogen and oxygen atoms in total. The quantitative estimate of drug-likeness (QED) is 0.684. The highest BCUT2D eigenvalue weighted by molar-refractivity contribution is 5.79. The number of nitrogens with zero attached hydrogens (tertiary/aromatic N) is 4. The molecule has 2 saturated heterocycles. The van der Waals surface area contributed by atoms with Gasteiger partial charge in [0.05, 0.1) is 23.5 Å². The lowest BCUT2D eigenvalue weighted by Crippen LogP contribution is -2.54. The summed E-state index contributed by atoms with van der Waals surface area (Å²) in [6.07, 6.45) is 1.96. The minimum atomic E-state index is -0.251. The summed E-state index contributed by atoms with van der Waals surface area (Å²) >= 11 is 0. The summed E-state index contributed by atoms with van der Waals surface area (Å²) in [5.41, 5.74) is 2.83. The van der Waals surface area contributed by atoms with Crippen LogP contribution in [0.15, 0.2) is 48.5 Å². The summed E-state index contributed by atoms with van der Waals surface area (Å²) in [7, 11) is 0. The summed E-state index contributed by atoms with van der Waals surface area (Å²) in [6.45, 7) is 6.94. The van der Waals surface area contributed by atoms with E-state index in [2.05, 4.69) is 21.7 Å². The molecule has 3 heterocycles. The Balaban J connectivity index is 1.38. The van der Waals surface area contributed by atoms with Crippen LogP contribution < -0.4 is 5.32 Å². The van der Waals surface area contributed by atoms with Crippen LogP contribution in [0.1, 0.15) is 25.6 Å². The van der Waals surface area contributed by atoms with Gasteiger partial charge in [0.1, 0.15) is 11.6 Å². The molecule has 2 atom stereocenters. The van der Waals surface area contributed by atoms with Gasteiger partial charge < -0.3 is 10.2 Å². The van der Waals surface area contributed by atoms with E-state index in [1.165, 1.54) is 12.1 Å². The van der Waals surface area contributed by atoms with Crippen LogP contribution in [0.3, 0.4) is 0 Å². The molecule has 2 fully saturated rings. The van der Waals surface area contributed by atoms with Crippen molar-refractivity contribution in [2.75, 3.05) is 32.7 Å². The first kappa shape index (κ1) is 21.1. The molecule has 3 aromatic rings. The Bertz CT molecular complexity index is 1100. The van der Waals surface area contributed by atoms with E-state index < -0.39 is 0 Å². The molecule has 0 aliphatic carbocycles. The molecule has 1 amide bonds. The fraction of sp³-hybridized carbons (Fsp3) is 0.440. The van der Waals surface area contributed by atoms with Crippen LogP contribution >= 0.6 is 0 Å². The van der Waals surface area contributed by atoms with E-state index in [1.807, 2.05) is 29.2 Å². The molecule has 0 saturated carbocycles. The molecule has 1 aromatic heterocycles. The van der Waals surface area contributed by atoms with Crippen molar-refractivity contribution in [3.8, 4) is 5.69 Å². The van der Waals surface area contributed by atoms with Crippen molar-refractivity contribution >= 4 is 16.9 Å². The number of fused-ring (bicyclic) bond motifs is 1. The smallest absolute Gasteiger partial charge is 0.227 e. The Kier molecular flexibility index (Phi) is 5.93. The van der Waals surface area contributed by atoms with E-state index in [-0.39, 0.29) is 17.6 Å². The second-order valence-electron chi connectivity index (χ2n) is 9.04. The van der Waals surface area contributed by atoms with Crippen molar-refractivity contribution in [2.45, 2.75) is 32.4 Å². The second kappa shape index (κ2) is 9.00. The predicted octanol–water partition coefficient (Wildman–Crippen LogP) is 3.20. The number of amides is 1. The van der Waals surface area contributed by atoms with E-state index in [9.17, 15) is 9.18 Å². The third-order valence-corrected chi connectivity index (χ3v) is 6.62. The molecule has 168 valence electrons. The van der Waals surface area contributed by atoms with Crippen LogP contribution in [0.25, 0.3) is 16.7 Å². The Labute approximate surface area is 188 Å². The summed E-state index contributed by atoms with van der Waals surface area (Å²) in [5.74, 6) is 0.994. The number of piperazine rings is 1. The van der Waals surface area contributed by atoms with Gasteiger partial charge in [0, 0.05) is 37.9 Å². The average Bonchev–Trinajstić information content (AvgIpc) is 3.17. The van der Waals surface area contributed by atoms with Gasteiger partial charge in [0.2, 0.25) is 5.91 Å². The number of nitrogens with one attached hydrogen (secondary N) is 1. The first-order chi connectivity index (χ1) is 15.6. The second-order valence-corrected chi connectivity index (χ2v) is 9.04. The summed E-state index contributed by atoms with van der Waals surface area (Å²) in [5, 5.41) is 3.41. The van der Waals surface area contributed by atoms with Gasteiger partial charge in [-0.15, -0.1) is 0 Å². The molecule has 0 unspecified atom stereocenters. The number of halogens is 1. The largest absolute Gasteiger partial charge is 0.340 e. The van der Waals surface area contributed by atoms with Crippen molar-refractivity contribution in [3.05, 3.63) is 60.2 Å². The van der Waals surface area contributed by atoms with Crippen molar-refractivity contribution in [1.82, 2.24) is 24.7 Å². The van der Waals surface area contributed by atoms with Crippen molar-refractivity contribution in [2.24, 2.45) is 5.92 Å². The van der Waals surface area contributed by atoms with Gasteiger partial charge >= 0.3 is 0 Å². The van der Waals surface area contributed by atoms with Gasteiger partial charge in [0.15, 0.2) is 0 Å². The molecule has 2 aliphatic rings. The molecule has 0 bridgehead atoms. The molecule has 2 aromatic carbocycles. The Morgan fingerprint density at radius 1 is 1.12 bits per heavy atom. The number of carbonyl (C=O) groups excluding carboxylic acids is 1. The zero-order chi connectivity index (χ0) is 22.1. The highest BCUT2D eigenvalue weighted by Gasteiger charge is 2.31. The van der Waals surface area contributed by atoms with Crippen LogP contribution in [0.5, 0.6) is 0 Å². The molecule has 7 heteroatoms. The van der Waals surface area contributed by atoms with Gasteiger partial charge in [-0.05, 0) is 62.7 Å². The lowest BCUT2D eigenvalue weighted by molar-refractivity contribution is -0.138. The van der Waals surface area contributed by atoms with Crippen LogP contribution in [0, 0.1) is 11.7 Å². The van der Waals surface area contributed by atoms with E-state index in [0.29, 0.717) is 12.6 Å². The van der Waals surface area contributed by atoms with E-state index in [4.69, 9.17) is 4.98 Å². The lowest BCUT2D eigenvalue weighted by Gasteiger charge is -2.38. The number of hydrogen-bond acceptors (Lipinski definition) is 4. The predicted molar refractivity (Wildman–Crippen MR) is 123 cm³/mol. The average molecular weight is 436 g/mol. The van der Waals surface area contributed by atoms with Gasteiger partial charge in [-0.3, -0.25) is 14.3 Å². The fourth-order valence-electron chi connectivity index (χ4n) is 5.05. The minimum Gasteiger partial charge on any atom is -0.340 e. The molecular weight excluding hydrogens is 405 g/mol. The third-order valence-electron chi connectivity index (χ3n) is 6.62. The number of piperidine rings is 1. The van der Waals surface area contributed by atoms with Gasteiger partial charge in [-0.2, -0.15) is 0 Å². The summed E-state index contributed by atoms with van der Waals surface area (Å²) < 4.78 is 15.6. The minimum absolute atomic E-state index is 0.0395. The zero-order valence-electron chi connectivity index (χ0n) is 18.5. The third kappa shape index (κ3) is 4.27. The Morgan fingerprint density at radius 3 is 2.75 bits per heavy atom. The number of likely N-dealkylation sites (tertiary alicyclic amines) is 1. The molecular formula is C25H30FN5O. The van der Waals surface area contributed by atoms with E-state index in [1.54, 1.807) is 12.1 Å². The molecule has 5 rings (SSSR count). The van der Waals surface area contributed by atoms with Gasteiger partial charge in [-0.1, -0.05) is 12.1 Å². The van der Waals surface area contributed by atoms with Crippen LogP contribution in [-0.4, -0.2) is 64.0 Å². The number of aromatic nitrogens is 2. The SMILES string of the molecule is C[C@H]1CN(C(=O)[C@H]2CCCN(Cc3nc4ccccc4n3-c3ccc(F)cc3)C2)CCN1. The van der Waals surface area contributed by atoms with Crippen LogP contribution in [0.4, 0.5) is 4.39 Å². The Morgan fingerprint density at radius 2 is 1.94 bits per heavy atom. The summed E-state index contributed by atoms with van der Waals surface area (Å²) in [4.78, 5) is 22.4. The monoisotopic (exact) mass is 435 g/mol. The maximum atomic E-state index is 13.5.